The second-order valence-corrected chi connectivity index (χ2v) is 8.30. The second-order valence-electron chi connectivity index (χ2n) is 6.95. The van der Waals surface area contributed by atoms with Crippen molar-refractivity contribution >= 4 is 41.7 Å². The van der Waals surface area contributed by atoms with Crippen LogP contribution in [-0.4, -0.2) is 65.9 Å². The Morgan fingerprint density at radius 2 is 2.11 bits per heavy atom. The third kappa shape index (κ3) is 9.02. The fourth-order valence-electron chi connectivity index (χ4n) is 2.83. The molecule has 2 N–H and O–H groups in total. The Kier molecular flexibility index (Phi) is 12.4. The third-order valence-electron chi connectivity index (χ3n) is 4.35. The molecule has 7 heteroatoms. The van der Waals surface area contributed by atoms with Gasteiger partial charge in [-0.25, -0.2) is 0 Å². The Morgan fingerprint density at radius 3 is 2.78 bits per heavy atom. The average Bonchev–Trinajstić information content (AvgIpc) is 2.66. The molecule has 1 aliphatic heterocycles. The number of nitrogens with zero attached hydrogens (tertiary/aromatic N) is 2. The number of halogens is 1. The fourth-order valence-corrected chi connectivity index (χ4v) is 4.13. The van der Waals surface area contributed by atoms with Crippen LogP contribution in [0.25, 0.3) is 0 Å². The van der Waals surface area contributed by atoms with Gasteiger partial charge in [0.1, 0.15) is 0 Å². The van der Waals surface area contributed by atoms with Crippen molar-refractivity contribution in [1.29, 1.82) is 0 Å². The summed E-state index contributed by atoms with van der Waals surface area (Å²) >= 11 is 2.05. The average molecular weight is 507 g/mol. The van der Waals surface area contributed by atoms with Crippen LogP contribution in [0.4, 0.5) is 0 Å². The van der Waals surface area contributed by atoms with Gasteiger partial charge in [0.05, 0.1) is 25.9 Å². The van der Waals surface area contributed by atoms with Gasteiger partial charge in [-0.05, 0) is 18.4 Å². The van der Waals surface area contributed by atoms with Crippen molar-refractivity contribution in [2.75, 3.05) is 38.5 Å². The van der Waals surface area contributed by atoms with Gasteiger partial charge in [0, 0.05) is 30.6 Å². The van der Waals surface area contributed by atoms with E-state index >= 15 is 0 Å². The van der Waals surface area contributed by atoms with Crippen LogP contribution in [0.15, 0.2) is 35.3 Å². The zero-order chi connectivity index (χ0) is 18.8. The summed E-state index contributed by atoms with van der Waals surface area (Å²) in [4.78, 5) is 6.97. The highest BCUT2D eigenvalue weighted by molar-refractivity contribution is 14.0. The minimum Gasteiger partial charge on any atom is -0.389 e. The van der Waals surface area contributed by atoms with Gasteiger partial charge in [0.15, 0.2) is 5.96 Å². The third-order valence-corrected chi connectivity index (χ3v) is 5.88. The normalized spacial score (nSPS) is 18.9. The number of guanidine groups is 1. The molecule has 0 aromatic heterocycles. The molecule has 5 nitrogen and oxygen atoms in total. The van der Waals surface area contributed by atoms with E-state index < -0.39 is 6.10 Å². The maximum absolute atomic E-state index is 10.2. The Hall–Kier alpha value is -0.510. The summed E-state index contributed by atoms with van der Waals surface area (Å²) < 4.78 is 5.61. The SMILES string of the molecule is CCNC(=NCC(O)COCc1ccccc1)N1CCSC(C(C)C)C1.I. The number of rotatable bonds is 8. The van der Waals surface area contributed by atoms with Gasteiger partial charge in [-0.1, -0.05) is 44.2 Å². The molecule has 1 aromatic rings. The van der Waals surface area contributed by atoms with E-state index in [0.717, 1.165) is 36.9 Å². The highest BCUT2D eigenvalue weighted by atomic mass is 127. The first kappa shape index (κ1) is 24.5. The van der Waals surface area contributed by atoms with Gasteiger partial charge in [-0.3, -0.25) is 4.99 Å². The summed E-state index contributed by atoms with van der Waals surface area (Å²) in [5.41, 5.74) is 1.11. The molecule has 0 saturated carbocycles. The molecule has 0 aliphatic carbocycles. The zero-order valence-corrected chi connectivity index (χ0v) is 19.8. The molecule has 154 valence electrons. The van der Waals surface area contributed by atoms with Crippen molar-refractivity contribution in [3.8, 4) is 0 Å². The topological polar surface area (TPSA) is 57.1 Å². The lowest BCUT2D eigenvalue weighted by atomic mass is 10.1. The zero-order valence-electron chi connectivity index (χ0n) is 16.6. The predicted molar refractivity (Wildman–Crippen MR) is 126 cm³/mol. The molecule has 0 radical (unpaired) electrons. The molecule has 0 bridgehead atoms. The van der Waals surface area contributed by atoms with Gasteiger partial charge in [-0.2, -0.15) is 11.8 Å². The Morgan fingerprint density at radius 1 is 1.37 bits per heavy atom. The highest BCUT2D eigenvalue weighted by Crippen LogP contribution is 2.24. The second kappa shape index (κ2) is 13.6. The molecule has 0 spiro atoms. The molecular weight excluding hydrogens is 473 g/mol. The van der Waals surface area contributed by atoms with Crippen LogP contribution in [0.2, 0.25) is 0 Å². The smallest absolute Gasteiger partial charge is 0.194 e. The van der Waals surface area contributed by atoms with Gasteiger partial charge >= 0.3 is 0 Å². The van der Waals surface area contributed by atoms with E-state index in [1.807, 2.05) is 30.3 Å². The molecular formula is C20H34IN3O2S. The predicted octanol–water partition coefficient (Wildman–Crippen LogP) is 3.22. The number of aliphatic hydroxyl groups is 1. The Balaban J connectivity index is 0.00000364. The number of benzene rings is 1. The van der Waals surface area contributed by atoms with Crippen LogP contribution < -0.4 is 5.32 Å². The van der Waals surface area contributed by atoms with E-state index in [2.05, 4.69) is 47.7 Å². The molecule has 27 heavy (non-hydrogen) atoms. The Labute approximate surface area is 185 Å². The number of hydrogen-bond donors (Lipinski definition) is 2. The summed E-state index contributed by atoms with van der Waals surface area (Å²) in [5.74, 6) is 2.68. The van der Waals surface area contributed by atoms with Crippen molar-refractivity contribution in [2.45, 2.75) is 38.7 Å². The van der Waals surface area contributed by atoms with Gasteiger partial charge < -0.3 is 20.1 Å². The Bertz CT molecular complexity index is 545. The minimum absolute atomic E-state index is 0. The minimum atomic E-state index is -0.590. The van der Waals surface area contributed by atoms with Crippen LogP contribution in [0, 0.1) is 5.92 Å². The monoisotopic (exact) mass is 507 g/mol. The molecule has 1 fully saturated rings. The van der Waals surface area contributed by atoms with E-state index in [0.29, 0.717) is 30.9 Å². The fraction of sp³-hybridized carbons (Fsp3) is 0.650. The standard InChI is InChI=1S/C20H33N3O2S.HI/c1-4-21-20(23-10-11-26-19(13-23)16(2)3)22-12-18(24)15-25-14-17-8-6-5-7-9-17;/h5-9,16,18-19,24H,4,10-15H2,1-3H3,(H,21,22);1H. The lowest BCUT2D eigenvalue weighted by Crippen LogP contribution is -2.49. The molecule has 0 amide bonds. The lowest BCUT2D eigenvalue weighted by Gasteiger charge is -2.36. The number of aliphatic imine (C=N–C) groups is 1. The van der Waals surface area contributed by atoms with E-state index in [1.165, 1.54) is 0 Å². The van der Waals surface area contributed by atoms with Crippen LogP contribution in [0.1, 0.15) is 26.3 Å². The van der Waals surface area contributed by atoms with E-state index in [9.17, 15) is 5.11 Å². The lowest BCUT2D eigenvalue weighted by molar-refractivity contribution is 0.0330. The number of ether oxygens (including phenoxy) is 1. The van der Waals surface area contributed by atoms with E-state index in [1.54, 1.807) is 0 Å². The molecule has 1 aromatic carbocycles. The molecule has 2 atom stereocenters. The van der Waals surface area contributed by atoms with Crippen LogP contribution in [0.5, 0.6) is 0 Å². The maximum atomic E-state index is 10.2. The quantitative estimate of drug-likeness (QED) is 0.322. The summed E-state index contributed by atoms with van der Waals surface area (Å²) in [6.45, 7) is 10.6. The molecule has 1 aliphatic rings. The summed E-state index contributed by atoms with van der Waals surface area (Å²) in [5, 5.41) is 14.2. The van der Waals surface area contributed by atoms with Gasteiger partial charge in [-0.15, -0.1) is 24.0 Å². The van der Waals surface area contributed by atoms with Crippen molar-refractivity contribution in [1.82, 2.24) is 10.2 Å². The summed E-state index contributed by atoms with van der Waals surface area (Å²) in [6.07, 6.45) is -0.590. The number of hydrogen-bond acceptors (Lipinski definition) is 4. The maximum Gasteiger partial charge on any atom is 0.194 e. The first-order chi connectivity index (χ1) is 12.6. The van der Waals surface area contributed by atoms with Crippen molar-refractivity contribution in [3.05, 3.63) is 35.9 Å². The van der Waals surface area contributed by atoms with Gasteiger partial charge in [0.25, 0.3) is 0 Å². The molecule has 1 saturated heterocycles. The first-order valence-corrected chi connectivity index (χ1v) is 10.6. The van der Waals surface area contributed by atoms with Crippen LogP contribution in [-0.2, 0) is 11.3 Å². The summed E-state index contributed by atoms with van der Waals surface area (Å²) in [7, 11) is 0. The van der Waals surface area contributed by atoms with Crippen molar-refractivity contribution < 1.29 is 9.84 Å². The van der Waals surface area contributed by atoms with E-state index in [-0.39, 0.29) is 24.0 Å². The number of aliphatic hydroxyl groups excluding tert-OH is 1. The van der Waals surface area contributed by atoms with Gasteiger partial charge in [0.2, 0.25) is 0 Å². The molecule has 2 rings (SSSR count). The highest BCUT2D eigenvalue weighted by Gasteiger charge is 2.24. The van der Waals surface area contributed by atoms with Crippen LogP contribution >= 0.6 is 35.7 Å². The largest absolute Gasteiger partial charge is 0.389 e. The molecule has 2 unspecified atom stereocenters. The van der Waals surface area contributed by atoms with E-state index in [4.69, 9.17) is 4.74 Å². The van der Waals surface area contributed by atoms with Crippen molar-refractivity contribution in [3.63, 3.8) is 0 Å². The molecule has 1 heterocycles. The first-order valence-electron chi connectivity index (χ1n) is 9.54. The number of thioether (sulfide) groups is 1. The van der Waals surface area contributed by atoms with Crippen LogP contribution in [0.3, 0.4) is 0 Å². The summed E-state index contributed by atoms with van der Waals surface area (Å²) in [6, 6.07) is 10.0. The van der Waals surface area contributed by atoms with Crippen molar-refractivity contribution in [2.24, 2.45) is 10.9 Å². The number of nitrogens with one attached hydrogen (secondary N) is 1.